The Labute approximate surface area is 278 Å². The first-order chi connectivity index (χ1) is 19.6. The van der Waals surface area contributed by atoms with Crippen LogP contribution in [0.15, 0.2) is 121 Å². The molecule has 4 aliphatic rings. The molecule has 0 N–H and O–H groups in total. The molecule has 0 heterocycles. The Balaban J connectivity index is 0.000000165. The van der Waals surface area contributed by atoms with Crippen LogP contribution < -0.4 is 24.8 Å². The van der Waals surface area contributed by atoms with Crippen molar-refractivity contribution in [2.24, 2.45) is 0 Å². The second kappa shape index (κ2) is 14.8. The van der Waals surface area contributed by atoms with Crippen LogP contribution in [0.5, 0.6) is 0 Å². The average molecular weight is 679 g/mol. The molecule has 208 valence electrons. The van der Waals surface area contributed by atoms with Gasteiger partial charge in [-0.05, 0) is 24.7 Å². The molecular weight excluding hydrogens is 647 g/mol. The van der Waals surface area contributed by atoms with E-state index in [2.05, 4.69) is 147 Å². The monoisotopic (exact) mass is 676 g/mol. The van der Waals surface area contributed by atoms with Gasteiger partial charge in [0.1, 0.15) is 0 Å². The molecule has 0 radical (unpaired) electrons. The number of hydrogen-bond acceptors (Lipinski definition) is 0. The van der Waals surface area contributed by atoms with Crippen molar-refractivity contribution in [2.75, 3.05) is 0 Å². The number of fused-ring (bicyclic) bond motifs is 6. The van der Waals surface area contributed by atoms with E-state index in [1.165, 1.54) is 55.6 Å². The molecule has 4 aromatic carbocycles. The van der Waals surface area contributed by atoms with Gasteiger partial charge < -0.3 is 24.8 Å². The van der Waals surface area contributed by atoms with Gasteiger partial charge in [-0.1, -0.05) is 119 Å². The summed E-state index contributed by atoms with van der Waals surface area (Å²) >= 11 is 1.74. The third-order valence-electron chi connectivity index (χ3n) is 7.66. The number of allylic oxidation sites excluding steroid dienone is 8. The van der Waals surface area contributed by atoms with E-state index in [1.54, 1.807) is 23.3 Å². The molecule has 0 saturated carbocycles. The van der Waals surface area contributed by atoms with Crippen LogP contribution in [0.25, 0.3) is 22.3 Å². The topological polar surface area (TPSA) is 0 Å². The quantitative estimate of drug-likeness (QED) is 0.195. The van der Waals surface area contributed by atoms with Crippen LogP contribution in [-0.4, -0.2) is 5.43 Å². The van der Waals surface area contributed by atoms with Gasteiger partial charge >= 0.3 is 41.9 Å². The Morgan fingerprint density at radius 3 is 1.29 bits per heavy atom. The van der Waals surface area contributed by atoms with Gasteiger partial charge in [0.05, 0.1) is 0 Å². The Morgan fingerprint density at radius 1 is 0.548 bits per heavy atom. The fourth-order valence-electron chi connectivity index (χ4n) is 5.82. The minimum Gasteiger partial charge on any atom is -1.00 e. The Hall–Kier alpha value is -2.48. The SMILES string of the molecule is C[Si](C)=[Zr+2].[Cl-].[Cl-].[c-]1c(C2C=CC=C2)ccc2c1Cc1ccccc1-2.[c-]1c(C2C=CC=C2)ccc2c1Cc1ccccc1-2. The first-order valence-electron chi connectivity index (χ1n) is 14.1. The molecule has 0 unspecified atom stereocenters. The Kier molecular flexibility index (Phi) is 11.4. The van der Waals surface area contributed by atoms with Crippen molar-refractivity contribution < 1.29 is 48.1 Å². The van der Waals surface area contributed by atoms with Crippen LogP contribution in [0.1, 0.15) is 45.2 Å². The minimum absolute atomic E-state index is 0. The molecule has 0 spiro atoms. The number of rotatable bonds is 2. The molecule has 0 fully saturated rings. The smallest absolute Gasteiger partial charge is 0.00217 e. The van der Waals surface area contributed by atoms with E-state index < -0.39 is 0 Å². The fraction of sp³-hybridized carbons (Fsp3) is 0.158. The van der Waals surface area contributed by atoms with Crippen molar-refractivity contribution in [1.29, 1.82) is 0 Å². The van der Waals surface area contributed by atoms with Crippen LogP contribution in [0.3, 0.4) is 0 Å². The zero-order chi connectivity index (χ0) is 27.5. The fourth-order valence-corrected chi connectivity index (χ4v) is 5.82. The van der Waals surface area contributed by atoms with Crippen molar-refractivity contribution in [1.82, 2.24) is 0 Å². The predicted octanol–water partition coefficient (Wildman–Crippen LogP) is 3.33. The molecule has 4 heteroatoms. The van der Waals surface area contributed by atoms with E-state index in [4.69, 9.17) is 0 Å². The number of hydrogen-bond donors (Lipinski definition) is 0. The molecule has 4 aromatic rings. The maximum absolute atomic E-state index is 3.61. The van der Waals surface area contributed by atoms with Crippen molar-refractivity contribution >= 4 is 5.43 Å². The first kappa shape index (κ1) is 32.4. The normalized spacial score (nSPS) is 14.4. The third kappa shape index (κ3) is 7.17. The second-order valence-corrected chi connectivity index (χ2v) is 20.2. The molecule has 4 aliphatic carbocycles. The standard InChI is InChI=1S/2C18H13.C2H6Si.2ClH.Zr/c2*1-2-6-13(5-1)14-9-10-18-16(11-14)12-15-7-3-4-8-17(15)18;1-3-2;;;/h2*1-10,13H,12H2;1-2H3;2*1H;/q2*-1;;;;+2/p-2. The molecule has 8 rings (SSSR count). The van der Waals surface area contributed by atoms with E-state index in [-0.39, 0.29) is 30.2 Å². The zero-order valence-corrected chi connectivity index (χ0v) is 28.8. The molecule has 0 aliphatic heterocycles. The maximum atomic E-state index is 3.61. The molecule has 0 bridgehead atoms. The summed E-state index contributed by atoms with van der Waals surface area (Å²) in [6.07, 6.45) is 19.4. The van der Waals surface area contributed by atoms with Crippen LogP contribution in [0.4, 0.5) is 0 Å². The molecular formula is C38H32Cl2SiZr-2. The average Bonchev–Trinajstić information content (AvgIpc) is 3.78. The van der Waals surface area contributed by atoms with Gasteiger partial charge in [0.15, 0.2) is 0 Å². The first-order valence-corrected chi connectivity index (χ1v) is 20.2. The van der Waals surface area contributed by atoms with Crippen molar-refractivity contribution in [2.45, 2.75) is 37.8 Å². The van der Waals surface area contributed by atoms with Crippen molar-refractivity contribution in [3.05, 3.63) is 167 Å². The van der Waals surface area contributed by atoms with E-state index in [0.717, 1.165) is 12.8 Å². The van der Waals surface area contributed by atoms with E-state index in [0.29, 0.717) is 11.8 Å². The summed E-state index contributed by atoms with van der Waals surface area (Å²) in [5.41, 5.74) is 13.8. The van der Waals surface area contributed by atoms with E-state index in [9.17, 15) is 0 Å². The molecule has 0 saturated heterocycles. The summed E-state index contributed by atoms with van der Waals surface area (Å²) in [7, 11) is 0. The maximum Gasteiger partial charge on any atom is -0.00217 e. The summed E-state index contributed by atoms with van der Waals surface area (Å²) in [4.78, 5) is 0. The van der Waals surface area contributed by atoms with Crippen LogP contribution in [0, 0.1) is 12.1 Å². The predicted molar refractivity (Wildman–Crippen MR) is 167 cm³/mol. The van der Waals surface area contributed by atoms with Crippen molar-refractivity contribution in [3.63, 3.8) is 0 Å². The minimum atomic E-state index is 0. The van der Waals surface area contributed by atoms with E-state index >= 15 is 0 Å². The molecule has 0 atom stereocenters. The Bertz CT molecular complexity index is 1560. The van der Waals surface area contributed by atoms with Gasteiger partial charge in [0.2, 0.25) is 0 Å². The molecule has 42 heavy (non-hydrogen) atoms. The van der Waals surface area contributed by atoms with Gasteiger partial charge in [-0.25, -0.2) is 0 Å². The van der Waals surface area contributed by atoms with Crippen LogP contribution in [0.2, 0.25) is 13.1 Å². The zero-order valence-electron chi connectivity index (χ0n) is 23.9. The summed E-state index contributed by atoms with van der Waals surface area (Å²) in [5, 5.41) is 0. The van der Waals surface area contributed by atoms with Crippen LogP contribution >= 0.6 is 0 Å². The summed E-state index contributed by atoms with van der Waals surface area (Å²) in [6, 6.07) is 33.5. The largest absolute Gasteiger partial charge is 1.00 e. The van der Waals surface area contributed by atoms with Gasteiger partial charge in [-0.15, -0.1) is 22.3 Å². The summed E-state index contributed by atoms with van der Waals surface area (Å²) in [5.74, 6) is 0.832. The summed E-state index contributed by atoms with van der Waals surface area (Å²) < 4.78 is 0. The molecule has 0 nitrogen and oxygen atoms in total. The van der Waals surface area contributed by atoms with Crippen molar-refractivity contribution in [3.8, 4) is 22.3 Å². The number of benzene rings is 4. The van der Waals surface area contributed by atoms with Gasteiger partial charge in [0, 0.05) is 0 Å². The number of halogens is 2. The third-order valence-corrected chi connectivity index (χ3v) is 7.66. The second-order valence-electron chi connectivity index (χ2n) is 10.9. The van der Waals surface area contributed by atoms with Gasteiger partial charge in [0.25, 0.3) is 0 Å². The molecule has 0 amide bonds. The Morgan fingerprint density at radius 2 is 0.905 bits per heavy atom. The van der Waals surface area contributed by atoms with E-state index in [1.807, 2.05) is 0 Å². The van der Waals surface area contributed by atoms with Gasteiger partial charge in [-0.2, -0.15) is 47.5 Å². The molecule has 0 aromatic heterocycles. The van der Waals surface area contributed by atoms with Crippen LogP contribution in [-0.2, 0) is 36.2 Å². The van der Waals surface area contributed by atoms with Gasteiger partial charge in [-0.3, -0.25) is 0 Å². The summed E-state index contributed by atoms with van der Waals surface area (Å²) in [6.45, 7) is 4.62.